The van der Waals surface area contributed by atoms with Crippen LogP contribution in [0.1, 0.15) is 41.5 Å². The first-order valence-corrected chi connectivity index (χ1v) is 6.33. The van der Waals surface area contributed by atoms with E-state index >= 15 is 0 Å². The van der Waals surface area contributed by atoms with Crippen LogP contribution < -0.4 is 0 Å². The van der Waals surface area contributed by atoms with Crippen molar-refractivity contribution in [3.05, 3.63) is 12.2 Å². The van der Waals surface area contributed by atoms with E-state index in [-0.39, 0.29) is 24.0 Å². The molecule has 0 aliphatic heterocycles. The Morgan fingerprint density at radius 1 is 0.722 bits per heavy atom. The summed E-state index contributed by atoms with van der Waals surface area (Å²) < 4.78 is 10.2. The molecule has 0 aliphatic carbocycles. The Kier molecular flexibility index (Phi) is 7.32. The van der Waals surface area contributed by atoms with Crippen molar-refractivity contribution in [2.45, 2.75) is 53.8 Å². The quantitative estimate of drug-likeness (QED) is 0.541. The Labute approximate surface area is 109 Å². The molecule has 0 fully saturated rings. The monoisotopic (exact) mass is 256 g/mol. The van der Waals surface area contributed by atoms with Crippen molar-refractivity contribution in [3.63, 3.8) is 0 Å². The number of carbonyl (C=O) groups excluding carboxylic acids is 2. The van der Waals surface area contributed by atoms with Gasteiger partial charge in [0.05, 0.1) is 0 Å². The number of hydrogen-bond acceptors (Lipinski definition) is 4. The van der Waals surface area contributed by atoms with E-state index in [2.05, 4.69) is 0 Å². The van der Waals surface area contributed by atoms with Crippen LogP contribution >= 0.6 is 0 Å². The first-order chi connectivity index (χ1) is 8.23. The van der Waals surface area contributed by atoms with Gasteiger partial charge >= 0.3 is 11.9 Å². The molecule has 2 atom stereocenters. The molecule has 0 aromatic heterocycles. The molecule has 0 bridgehead atoms. The van der Waals surface area contributed by atoms with Crippen molar-refractivity contribution in [2.75, 3.05) is 0 Å². The highest BCUT2D eigenvalue weighted by molar-refractivity contribution is 5.91. The molecule has 4 nitrogen and oxygen atoms in total. The molecule has 0 saturated heterocycles. The maximum absolute atomic E-state index is 11.4. The van der Waals surface area contributed by atoms with Gasteiger partial charge in [-0.2, -0.15) is 0 Å². The van der Waals surface area contributed by atoms with Gasteiger partial charge in [0.25, 0.3) is 0 Å². The van der Waals surface area contributed by atoms with Crippen molar-refractivity contribution >= 4 is 11.9 Å². The summed E-state index contributed by atoms with van der Waals surface area (Å²) in [5.74, 6) is -0.554. The molecule has 0 aromatic rings. The number of carbonyl (C=O) groups is 2. The van der Waals surface area contributed by atoms with Gasteiger partial charge in [0, 0.05) is 12.2 Å². The largest absolute Gasteiger partial charge is 0.459 e. The lowest BCUT2D eigenvalue weighted by atomic mass is 10.1. The van der Waals surface area contributed by atoms with Crippen molar-refractivity contribution < 1.29 is 19.1 Å². The highest BCUT2D eigenvalue weighted by Crippen LogP contribution is 2.07. The van der Waals surface area contributed by atoms with E-state index in [9.17, 15) is 9.59 Å². The van der Waals surface area contributed by atoms with Gasteiger partial charge in [0.15, 0.2) is 0 Å². The molecule has 0 heterocycles. The summed E-state index contributed by atoms with van der Waals surface area (Å²) in [6, 6.07) is 0. The summed E-state index contributed by atoms with van der Waals surface area (Å²) in [7, 11) is 0. The van der Waals surface area contributed by atoms with Gasteiger partial charge in [-0.05, 0) is 25.7 Å². The summed E-state index contributed by atoms with van der Waals surface area (Å²) in [6.07, 6.45) is 1.86. The van der Waals surface area contributed by atoms with Gasteiger partial charge < -0.3 is 9.47 Å². The van der Waals surface area contributed by atoms with Crippen LogP contribution in [0.15, 0.2) is 12.2 Å². The van der Waals surface area contributed by atoms with Gasteiger partial charge in [-0.3, -0.25) is 0 Å². The molecule has 4 heteroatoms. The fourth-order valence-corrected chi connectivity index (χ4v) is 0.853. The second-order valence-corrected chi connectivity index (χ2v) is 5.11. The summed E-state index contributed by atoms with van der Waals surface area (Å²) in [5, 5.41) is 0. The van der Waals surface area contributed by atoms with Crippen molar-refractivity contribution in [3.8, 4) is 0 Å². The SMILES string of the molecule is CC(C)C(C)OC(=O)/C=C\C(=O)OC(C)C(C)C. The number of rotatable bonds is 6. The zero-order chi connectivity index (χ0) is 14.3. The summed E-state index contributed by atoms with van der Waals surface area (Å²) in [6.45, 7) is 11.5. The van der Waals surface area contributed by atoms with E-state index in [4.69, 9.17) is 9.47 Å². The first kappa shape index (κ1) is 16.7. The standard InChI is InChI=1S/C14H24O4/c1-9(2)11(5)17-13(15)7-8-14(16)18-12(6)10(3)4/h7-12H,1-6H3/b8-7-. The zero-order valence-electron chi connectivity index (χ0n) is 12.1. The van der Waals surface area contributed by atoms with Gasteiger partial charge in [0.2, 0.25) is 0 Å². The highest BCUT2D eigenvalue weighted by atomic mass is 16.5. The van der Waals surface area contributed by atoms with Gasteiger partial charge in [-0.1, -0.05) is 27.7 Å². The second kappa shape index (κ2) is 7.90. The Bertz CT molecular complexity index is 275. The lowest BCUT2D eigenvalue weighted by Gasteiger charge is -2.16. The lowest BCUT2D eigenvalue weighted by molar-refractivity contribution is -0.146. The van der Waals surface area contributed by atoms with Crippen LogP contribution in [0.2, 0.25) is 0 Å². The van der Waals surface area contributed by atoms with Gasteiger partial charge in [0.1, 0.15) is 12.2 Å². The molecule has 18 heavy (non-hydrogen) atoms. The smallest absolute Gasteiger partial charge is 0.331 e. The van der Waals surface area contributed by atoms with Crippen LogP contribution in [0, 0.1) is 11.8 Å². The minimum absolute atomic E-state index is 0.173. The molecule has 0 N–H and O–H groups in total. The zero-order valence-corrected chi connectivity index (χ0v) is 12.1. The molecule has 0 aromatic carbocycles. The van der Waals surface area contributed by atoms with Crippen LogP contribution in [0.25, 0.3) is 0 Å². The van der Waals surface area contributed by atoms with Gasteiger partial charge in [-0.15, -0.1) is 0 Å². The van der Waals surface area contributed by atoms with E-state index in [0.29, 0.717) is 0 Å². The van der Waals surface area contributed by atoms with Crippen molar-refractivity contribution in [1.82, 2.24) is 0 Å². The first-order valence-electron chi connectivity index (χ1n) is 6.33. The summed E-state index contributed by atoms with van der Waals surface area (Å²) in [5.41, 5.74) is 0. The van der Waals surface area contributed by atoms with Crippen LogP contribution in [0.4, 0.5) is 0 Å². The summed E-state index contributed by atoms with van der Waals surface area (Å²) >= 11 is 0. The van der Waals surface area contributed by atoms with Gasteiger partial charge in [-0.25, -0.2) is 9.59 Å². The maximum atomic E-state index is 11.4. The average molecular weight is 256 g/mol. The number of ether oxygens (including phenoxy) is 2. The van der Waals surface area contributed by atoms with E-state index in [1.807, 2.05) is 41.5 Å². The fourth-order valence-electron chi connectivity index (χ4n) is 0.853. The minimum Gasteiger partial charge on any atom is -0.459 e. The Morgan fingerprint density at radius 3 is 1.22 bits per heavy atom. The average Bonchev–Trinajstić information content (AvgIpc) is 2.25. The van der Waals surface area contributed by atoms with Crippen molar-refractivity contribution in [2.24, 2.45) is 11.8 Å². The molecule has 0 saturated carbocycles. The van der Waals surface area contributed by atoms with Crippen LogP contribution in [0.5, 0.6) is 0 Å². The molecule has 0 amide bonds. The molecule has 0 rings (SSSR count). The molecule has 0 aliphatic rings. The fraction of sp³-hybridized carbons (Fsp3) is 0.714. The number of hydrogen-bond donors (Lipinski definition) is 0. The third-order valence-electron chi connectivity index (χ3n) is 2.84. The molecule has 0 spiro atoms. The van der Waals surface area contributed by atoms with E-state index in [0.717, 1.165) is 12.2 Å². The molecular formula is C14H24O4. The Balaban J connectivity index is 4.15. The van der Waals surface area contributed by atoms with E-state index in [1.165, 1.54) is 0 Å². The van der Waals surface area contributed by atoms with E-state index < -0.39 is 11.9 Å². The topological polar surface area (TPSA) is 52.6 Å². The molecule has 0 radical (unpaired) electrons. The van der Waals surface area contributed by atoms with E-state index in [1.54, 1.807) is 0 Å². The van der Waals surface area contributed by atoms with Crippen molar-refractivity contribution in [1.29, 1.82) is 0 Å². The second-order valence-electron chi connectivity index (χ2n) is 5.11. The van der Waals surface area contributed by atoms with Crippen LogP contribution in [-0.2, 0) is 19.1 Å². The Morgan fingerprint density at radius 2 is 1.00 bits per heavy atom. The predicted molar refractivity (Wildman–Crippen MR) is 69.9 cm³/mol. The molecule has 2 unspecified atom stereocenters. The summed E-state index contributed by atoms with van der Waals surface area (Å²) in [4.78, 5) is 22.7. The third kappa shape index (κ3) is 7.09. The normalized spacial score (nSPS) is 14.9. The van der Waals surface area contributed by atoms with Crippen LogP contribution in [-0.4, -0.2) is 24.1 Å². The third-order valence-corrected chi connectivity index (χ3v) is 2.84. The van der Waals surface area contributed by atoms with Crippen LogP contribution in [0.3, 0.4) is 0 Å². The number of esters is 2. The predicted octanol–water partition coefficient (Wildman–Crippen LogP) is 2.72. The molecular weight excluding hydrogens is 232 g/mol. The molecule has 104 valence electrons. The maximum Gasteiger partial charge on any atom is 0.331 e. The Hall–Kier alpha value is -1.32. The lowest BCUT2D eigenvalue weighted by Crippen LogP contribution is -2.20. The highest BCUT2D eigenvalue weighted by Gasteiger charge is 2.13. The minimum atomic E-state index is -0.523.